The zero-order valence-corrected chi connectivity index (χ0v) is 15.3. The number of sulfonamides is 1. The number of hydrogen-bond donors (Lipinski definition) is 2. The van der Waals surface area contributed by atoms with Gasteiger partial charge in [0.15, 0.2) is 4.90 Å². The van der Waals surface area contributed by atoms with Crippen LogP contribution in [0, 0.1) is 22.0 Å². The average molecular weight is 386 g/mol. The molecule has 0 saturated carbocycles. The van der Waals surface area contributed by atoms with Crippen molar-refractivity contribution in [1.82, 2.24) is 4.72 Å². The van der Waals surface area contributed by atoms with Gasteiger partial charge in [0, 0.05) is 6.07 Å². The molecule has 0 radical (unpaired) electrons. The van der Waals surface area contributed by atoms with E-state index in [-0.39, 0.29) is 18.3 Å². The maximum atomic E-state index is 12.6. The van der Waals surface area contributed by atoms with Gasteiger partial charge in [-0.2, -0.15) is 0 Å². The zero-order chi connectivity index (χ0) is 19.5. The van der Waals surface area contributed by atoms with E-state index in [0.29, 0.717) is 6.42 Å². The highest BCUT2D eigenvalue weighted by Gasteiger charge is 2.41. The number of hydrogen-bond acceptors (Lipinski definition) is 7. The van der Waals surface area contributed by atoms with Crippen LogP contribution in [0.3, 0.4) is 0 Å². The van der Waals surface area contributed by atoms with Crippen molar-refractivity contribution in [3.05, 3.63) is 34.4 Å². The van der Waals surface area contributed by atoms with Gasteiger partial charge in [-0.15, -0.1) is 0 Å². The fourth-order valence-corrected chi connectivity index (χ4v) is 4.43. The molecular formula is C16H22N2O7S. The first-order chi connectivity index (χ1) is 12.2. The lowest BCUT2D eigenvalue weighted by Crippen LogP contribution is -2.45. The van der Waals surface area contributed by atoms with Gasteiger partial charge in [-0.3, -0.25) is 14.9 Å². The molecule has 9 nitrogen and oxygen atoms in total. The molecule has 1 heterocycles. The fraction of sp³-hybridized carbons (Fsp3) is 0.562. The van der Waals surface area contributed by atoms with Crippen LogP contribution in [-0.2, 0) is 19.6 Å². The second-order valence-corrected chi connectivity index (χ2v) is 8.36. The number of aliphatic hydroxyl groups excluding tert-OH is 1. The van der Waals surface area contributed by atoms with Crippen molar-refractivity contribution in [2.24, 2.45) is 11.8 Å². The SMILES string of the molecule is CC(C)C[C@@H]1C[C@@H]([C@H](CO)NS(=O)(=O)c2ccccc2[N+](=O)[O-])OC1=O. The van der Waals surface area contributed by atoms with E-state index >= 15 is 0 Å². The van der Waals surface area contributed by atoms with Crippen LogP contribution < -0.4 is 4.72 Å². The molecule has 1 fully saturated rings. The van der Waals surface area contributed by atoms with E-state index in [0.717, 1.165) is 12.1 Å². The van der Waals surface area contributed by atoms with E-state index in [9.17, 15) is 28.4 Å². The molecule has 26 heavy (non-hydrogen) atoms. The molecule has 0 bridgehead atoms. The summed E-state index contributed by atoms with van der Waals surface area (Å²) in [5.41, 5.74) is -0.571. The molecule has 0 aliphatic carbocycles. The van der Waals surface area contributed by atoms with Gasteiger partial charge >= 0.3 is 5.97 Å². The van der Waals surface area contributed by atoms with Gasteiger partial charge in [0.2, 0.25) is 10.0 Å². The second-order valence-electron chi connectivity index (χ2n) is 6.67. The highest BCUT2D eigenvalue weighted by Crippen LogP contribution is 2.30. The number of esters is 1. The first-order valence-electron chi connectivity index (χ1n) is 8.22. The molecule has 1 aromatic carbocycles. The molecule has 144 valence electrons. The number of rotatable bonds is 8. The van der Waals surface area contributed by atoms with Crippen LogP contribution in [0.15, 0.2) is 29.2 Å². The summed E-state index contributed by atoms with van der Waals surface area (Å²) in [7, 11) is -4.29. The number of nitro groups is 1. The van der Waals surface area contributed by atoms with Crippen molar-refractivity contribution in [3.8, 4) is 0 Å². The Kier molecular flexibility index (Phi) is 6.32. The molecule has 1 saturated heterocycles. The lowest BCUT2D eigenvalue weighted by atomic mass is 9.93. The molecule has 1 aromatic rings. The number of ether oxygens (including phenoxy) is 1. The summed E-state index contributed by atoms with van der Waals surface area (Å²) in [5, 5.41) is 20.6. The Hall–Kier alpha value is -2.04. The molecule has 0 amide bonds. The third-order valence-corrected chi connectivity index (χ3v) is 5.71. The number of benzene rings is 1. The van der Waals surface area contributed by atoms with E-state index in [1.165, 1.54) is 12.1 Å². The summed E-state index contributed by atoms with van der Waals surface area (Å²) in [6.07, 6.45) is 0.0558. The van der Waals surface area contributed by atoms with Crippen LogP contribution >= 0.6 is 0 Å². The van der Waals surface area contributed by atoms with Crippen molar-refractivity contribution < 1.29 is 28.0 Å². The predicted molar refractivity (Wildman–Crippen MR) is 91.7 cm³/mol. The van der Waals surface area contributed by atoms with Crippen molar-refractivity contribution in [2.75, 3.05) is 6.61 Å². The number of aliphatic hydroxyl groups is 1. The Morgan fingerprint density at radius 1 is 1.38 bits per heavy atom. The van der Waals surface area contributed by atoms with Crippen LogP contribution in [0.2, 0.25) is 0 Å². The minimum Gasteiger partial charge on any atom is -0.460 e. The zero-order valence-electron chi connectivity index (χ0n) is 14.5. The number of nitro benzene ring substituents is 1. The first-order valence-corrected chi connectivity index (χ1v) is 9.71. The molecule has 2 rings (SSSR count). The van der Waals surface area contributed by atoms with Gasteiger partial charge < -0.3 is 9.84 Å². The summed E-state index contributed by atoms with van der Waals surface area (Å²) in [6.45, 7) is 3.31. The predicted octanol–water partition coefficient (Wildman–Crippen LogP) is 1.21. The van der Waals surface area contributed by atoms with E-state index in [1.807, 2.05) is 13.8 Å². The summed E-state index contributed by atoms with van der Waals surface area (Å²) >= 11 is 0. The maximum Gasteiger partial charge on any atom is 0.309 e. The number of para-hydroxylation sites is 1. The van der Waals surface area contributed by atoms with Crippen molar-refractivity contribution in [2.45, 2.75) is 43.7 Å². The molecule has 3 atom stereocenters. The van der Waals surface area contributed by atoms with E-state index in [4.69, 9.17) is 4.74 Å². The number of cyclic esters (lactones) is 1. The Morgan fingerprint density at radius 3 is 2.62 bits per heavy atom. The molecule has 0 unspecified atom stereocenters. The number of carbonyl (C=O) groups is 1. The van der Waals surface area contributed by atoms with Gasteiger partial charge in [-0.25, -0.2) is 13.1 Å². The quantitative estimate of drug-likeness (QED) is 0.389. The summed E-state index contributed by atoms with van der Waals surface area (Å²) in [5.74, 6) is -0.515. The molecule has 0 aromatic heterocycles. The second kappa shape index (κ2) is 8.11. The maximum absolute atomic E-state index is 12.6. The molecular weight excluding hydrogens is 364 g/mol. The van der Waals surface area contributed by atoms with Crippen molar-refractivity contribution in [1.29, 1.82) is 0 Å². The van der Waals surface area contributed by atoms with Gasteiger partial charge in [0.25, 0.3) is 5.69 Å². The largest absolute Gasteiger partial charge is 0.460 e. The van der Waals surface area contributed by atoms with E-state index < -0.39 is 50.3 Å². The third kappa shape index (κ3) is 4.57. The molecule has 0 spiro atoms. The third-order valence-electron chi connectivity index (χ3n) is 4.18. The highest BCUT2D eigenvalue weighted by molar-refractivity contribution is 7.89. The first kappa shape index (κ1) is 20.3. The van der Waals surface area contributed by atoms with Crippen LogP contribution in [0.1, 0.15) is 26.7 Å². The molecule has 1 aliphatic heterocycles. The lowest BCUT2D eigenvalue weighted by Gasteiger charge is -2.21. The minimum absolute atomic E-state index is 0.266. The Morgan fingerprint density at radius 2 is 2.04 bits per heavy atom. The van der Waals surface area contributed by atoms with Crippen molar-refractivity contribution in [3.63, 3.8) is 0 Å². The normalized spacial score (nSPS) is 21.6. The number of nitrogens with one attached hydrogen (secondary N) is 1. The lowest BCUT2D eigenvalue weighted by molar-refractivity contribution is -0.387. The van der Waals surface area contributed by atoms with Crippen molar-refractivity contribution >= 4 is 21.7 Å². The van der Waals surface area contributed by atoms with Crippen LogP contribution in [-0.4, -0.2) is 43.2 Å². The standard InChI is InChI=1S/C16H22N2O7S/c1-10(2)7-11-8-14(25-16(11)20)12(9-19)17-26(23,24)15-6-4-3-5-13(15)18(21)22/h3-6,10-12,14,17,19H,7-9H2,1-2H3/t11-,12+,14+/m1/s1. The summed E-state index contributed by atoms with van der Waals surface area (Å²) < 4.78 is 32.6. The Balaban J connectivity index is 2.20. The smallest absolute Gasteiger partial charge is 0.309 e. The van der Waals surface area contributed by atoms with Gasteiger partial charge in [-0.05, 0) is 24.8 Å². The minimum atomic E-state index is -4.29. The van der Waals surface area contributed by atoms with Gasteiger partial charge in [0.1, 0.15) is 6.10 Å². The topological polar surface area (TPSA) is 136 Å². The Bertz CT molecular complexity index is 779. The van der Waals surface area contributed by atoms with E-state index in [1.54, 1.807) is 0 Å². The van der Waals surface area contributed by atoms with Crippen LogP contribution in [0.4, 0.5) is 5.69 Å². The van der Waals surface area contributed by atoms with E-state index in [2.05, 4.69) is 4.72 Å². The number of carbonyl (C=O) groups excluding carboxylic acids is 1. The highest BCUT2D eigenvalue weighted by atomic mass is 32.2. The number of nitrogens with zero attached hydrogens (tertiary/aromatic N) is 1. The molecule has 10 heteroatoms. The summed E-state index contributed by atoms with van der Waals surface area (Å²) in [4.78, 5) is 21.7. The average Bonchev–Trinajstić information content (AvgIpc) is 2.92. The molecule has 2 N–H and O–H groups in total. The van der Waals surface area contributed by atoms with Crippen LogP contribution in [0.5, 0.6) is 0 Å². The molecule has 1 aliphatic rings. The van der Waals surface area contributed by atoms with Gasteiger partial charge in [-0.1, -0.05) is 26.0 Å². The van der Waals surface area contributed by atoms with Gasteiger partial charge in [0.05, 0.1) is 23.5 Å². The fourth-order valence-electron chi connectivity index (χ4n) is 3.01. The van der Waals surface area contributed by atoms with Crippen LogP contribution in [0.25, 0.3) is 0 Å². The monoisotopic (exact) mass is 386 g/mol. The summed E-state index contributed by atoms with van der Waals surface area (Å²) in [6, 6.07) is 3.83. The Labute approximate surface area is 151 Å².